The number of aryl methyl sites for hydroxylation is 1. The number of nitrogens with one attached hydrogen (secondary N) is 1. The van der Waals surface area contributed by atoms with Crippen molar-refractivity contribution < 1.29 is 17.6 Å². The molecule has 156 valence electrons. The highest BCUT2D eigenvalue weighted by molar-refractivity contribution is 7.89. The molecule has 1 aliphatic heterocycles. The van der Waals surface area contributed by atoms with Crippen molar-refractivity contribution in [3.8, 4) is 5.82 Å². The van der Waals surface area contributed by atoms with Gasteiger partial charge >= 0.3 is 0 Å². The summed E-state index contributed by atoms with van der Waals surface area (Å²) < 4.78 is 41.5. The van der Waals surface area contributed by atoms with Crippen molar-refractivity contribution in [2.24, 2.45) is 0 Å². The van der Waals surface area contributed by atoms with E-state index in [1.807, 2.05) is 0 Å². The summed E-state index contributed by atoms with van der Waals surface area (Å²) in [4.78, 5) is 20.8. The number of pyridine rings is 1. The van der Waals surface area contributed by atoms with Gasteiger partial charge in [-0.25, -0.2) is 22.8 Å². The first kappa shape index (κ1) is 20.2. The smallest absolute Gasteiger partial charge is 0.275 e. The minimum absolute atomic E-state index is 0.137. The molecule has 0 unspecified atom stereocenters. The number of nitrogens with zero attached hydrogens (tertiary/aromatic N) is 4. The maximum absolute atomic E-state index is 13.4. The second kappa shape index (κ2) is 7.96. The first-order chi connectivity index (χ1) is 14.3. The number of benzene rings is 1. The highest BCUT2D eigenvalue weighted by Gasteiger charge is 2.27. The minimum Gasteiger partial charge on any atom is -0.321 e. The average molecular weight is 429 g/mol. The number of imidazole rings is 1. The van der Waals surface area contributed by atoms with Crippen molar-refractivity contribution in [3.63, 3.8) is 0 Å². The summed E-state index contributed by atoms with van der Waals surface area (Å²) >= 11 is 0. The Morgan fingerprint density at radius 2 is 1.90 bits per heavy atom. The van der Waals surface area contributed by atoms with Gasteiger partial charge in [-0.1, -0.05) is 0 Å². The number of sulfonamides is 1. The summed E-state index contributed by atoms with van der Waals surface area (Å²) in [6.07, 6.45) is 5.94. The molecule has 1 saturated heterocycles. The molecule has 10 heteroatoms. The van der Waals surface area contributed by atoms with E-state index in [0.717, 1.165) is 12.8 Å². The summed E-state index contributed by atoms with van der Waals surface area (Å²) in [5, 5.41) is 2.66. The molecule has 3 aromatic rings. The van der Waals surface area contributed by atoms with Crippen LogP contribution in [0.4, 0.5) is 10.1 Å². The second-order valence-electron chi connectivity index (χ2n) is 7.05. The summed E-state index contributed by atoms with van der Waals surface area (Å²) in [7, 11) is -3.53. The molecule has 0 saturated carbocycles. The standard InChI is InChI=1S/C20H20FN5O3S/c1-14-10-15(4-6-17(14)21)24-20(27)18-12-25(13-23-18)19-7-5-16(11-22-19)30(28,29)26-8-2-3-9-26/h4-7,10-13H,2-3,8-9H2,1H3,(H,24,27). The molecule has 4 rings (SSSR count). The van der Waals surface area contributed by atoms with Gasteiger partial charge in [0.2, 0.25) is 10.0 Å². The molecule has 30 heavy (non-hydrogen) atoms. The van der Waals surface area contributed by atoms with Crippen LogP contribution in [-0.4, -0.2) is 46.3 Å². The van der Waals surface area contributed by atoms with Crippen LogP contribution in [0.3, 0.4) is 0 Å². The van der Waals surface area contributed by atoms with Crippen molar-refractivity contribution >= 4 is 21.6 Å². The number of hydrogen-bond acceptors (Lipinski definition) is 5. The van der Waals surface area contributed by atoms with Crippen molar-refractivity contribution in [1.29, 1.82) is 0 Å². The Morgan fingerprint density at radius 1 is 1.13 bits per heavy atom. The zero-order chi connectivity index (χ0) is 21.3. The Kier molecular flexibility index (Phi) is 5.35. The molecule has 0 radical (unpaired) electrons. The van der Waals surface area contributed by atoms with Gasteiger partial charge in [-0.3, -0.25) is 9.36 Å². The predicted molar refractivity (Wildman–Crippen MR) is 108 cm³/mol. The molecular formula is C20H20FN5O3S. The molecule has 1 fully saturated rings. The molecule has 1 aliphatic rings. The van der Waals surface area contributed by atoms with Crippen LogP contribution < -0.4 is 5.32 Å². The van der Waals surface area contributed by atoms with Crippen LogP contribution in [0.5, 0.6) is 0 Å². The zero-order valence-corrected chi connectivity index (χ0v) is 17.1. The lowest BCUT2D eigenvalue weighted by atomic mass is 10.2. The Labute approximate surface area is 173 Å². The predicted octanol–water partition coefficient (Wildman–Crippen LogP) is 2.75. The lowest BCUT2D eigenvalue weighted by molar-refractivity contribution is 0.102. The van der Waals surface area contributed by atoms with Gasteiger partial charge < -0.3 is 5.32 Å². The Bertz CT molecular complexity index is 1190. The molecule has 1 N–H and O–H groups in total. The third kappa shape index (κ3) is 3.96. The number of anilines is 1. The number of carbonyl (C=O) groups excluding carboxylic acids is 1. The maximum Gasteiger partial charge on any atom is 0.275 e. The fraction of sp³-hybridized carbons (Fsp3) is 0.250. The van der Waals surface area contributed by atoms with Gasteiger partial charge in [-0.15, -0.1) is 0 Å². The van der Waals surface area contributed by atoms with Crippen molar-refractivity contribution in [3.05, 3.63) is 66.1 Å². The van der Waals surface area contributed by atoms with Crippen LogP contribution >= 0.6 is 0 Å². The largest absolute Gasteiger partial charge is 0.321 e. The third-order valence-corrected chi connectivity index (χ3v) is 6.80. The van der Waals surface area contributed by atoms with Crippen molar-refractivity contribution in [1.82, 2.24) is 18.8 Å². The van der Waals surface area contributed by atoms with Crippen LogP contribution in [0.15, 0.2) is 53.9 Å². The molecule has 1 aromatic carbocycles. The maximum atomic E-state index is 13.4. The second-order valence-corrected chi connectivity index (χ2v) is 8.99. The van der Waals surface area contributed by atoms with Crippen molar-refractivity contribution in [2.45, 2.75) is 24.7 Å². The van der Waals surface area contributed by atoms with E-state index in [0.29, 0.717) is 30.2 Å². The normalized spacial score (nSPS) is 14.7. The number of aromatic nitrogens is 3. The van der Waals surface area contributed by atoms with Gasteiger partial charge in [0.25, 0.3) is 5.91 Å². The van der Waals surface area contributed by atoms with Gasteiger partial charge in [0, 0.05) is 31.2 Å². The Balaban J connectivity index is 1.49. The van der Waals surface area contributed by atoms with E-state index >= 15 is 0 Å². The number of carbonyl (C=O) groups is 1. The molecule has 0 bridgehead atoms. The molecule has 0 spiro atoms. The van der Waals surface area contributed by atoms with E-state index in [4.69, 9.17) is 0 Å². The van der Waals surface area contributed by atoms with Crippen LogP contribution in [0, 0.1) is 12.7 Å². The minimum atomic E-state index is -3.53. The lowest BCUT2D eigenvalue weighted by Gasteiger charge is -2.15. The van der Waals surface area contributed by atoms with E-state index in [1.165, 1.54) is 51.9 Å². The molecule has 1 amide bonds. The molecule has 0 atom stereocenters. The molecule has 3 heterocycles. The quantitative estimate of drug-likeness (QED) is 0.673. The molecular weight excluding hydrogens is 409 g/mol. The highest BCUT2D eigenvalue weighted by atomic mass is 32.2. The number of halogens is 1. The summed E-state index contributed by atoms with van der Waals surface area (Å²) in [6.45, 7) is 2.66. The SMILES string of the molecule is Cc1cc(NC(=O)c2cn(-c3ccc(S(=O)(=O)N4CCCC4)cn3)cn2)ccc1F. The van der Waals surface area contributed by atoms with Gasteiger partial charge in [-0.05, 0) is 55.7 Å². The summed E-state index contributed by atoms with van der Waals surface area (Å²) in [5.74, 6) is -0.369. The van der Waals surface area contributed by atoms with Gasteiger partial charge in [0.05, 0.1) is 0 Å². The topological polar surface area (TPSA) is 97.2 Å². The summed E-state index contributed by atoms with van der Waals surface area (Å²) in [5.41, 5.74) is 1.03. The zero-order valence-electron chi connectivity index (χ0n) is 16.2. The molecule has 0 aliphatic carbocycles. The number of rotatable bonds is 5. The third-order valence-electron chi connectivity index (χ3n) is 4.92. The first-order valence-electron chi connectivity index (χ1n) is 9.43. The number of amides is 1. The van der Waals surface area contributed by atoms with Gasteiger partial charge in [0.1, 0.15) is 28.6 Å². The van der Waals surface area contributed by atoms with Crippen molar-refractivity contribution in [2.75, 3.05) is 18.4 Å². The highest BCUT2D eigenvalue weighted by Crippen LogP contribution is 2.21. The van der Waals surface area contributed by atoms with E-state index in [9.17, 15) is 17.6 Å². The van der Waals surface area contributed by atoms with Crippen LogP contribution in [0.2, 0.25) is 0 Å². The summed E-state index contributed by atoms with van der Waals surface area (Å²) in [6, 6.07) is 7.35. The van der Waals surface area contributed by atoms with Crippen LogP contribution in [0.25, 0.3) is 5.82 Å². The average Bonchev–Trinajstić information content (AvgIpc) is 3.43. The molecule has 8 nitrogen and oxygen atoms in total. The Hall–Kier alpha value is -3.11. The fourth-order valence-corrected chi connectivity index (χ4v) is 4.70. The van der Waals surface area contributed by atoms with E-state index in [-0.39, 0.29) is 16.4 Å². The monoisotopic (exact) mass is 429 g/mol. The lowest BCUT2D eigenvalue weighted by Crippen LogP contribution is -2.27. The Morgan fingerprint density at radius 3 is 2.57 bits per heavy atom. The fourth-order valence-electron chi connectivity index (χ4n) is 3.24. The number of hydrogen-bond donors (Lipinski definition) is 1. The van der Waals surface area contributed by atoms with E-state index in [2.05, 4.69) is 15.3 Å². The molecule has 2 aromatic heterocycles. The first-order valence-corrected chi connectivity index (χ1v) is 10.9. The van der Waals surface area contributed by atoms with Crippen LogP contribution in [-0.2, 0) is 10.0 Å². The van der Waals surface area contributed by atoms with Crippen LogP contribution in [0.1, 0.15) is 28.9 Å². The van der Waals surface area contributed by atoms with Gasteiger partial charge in [-0.2, -0.15) is 4.31 Å². The van der Waals surface area contributed by atoms with Gasteiger partial charge in [0.15, 0.2) is 0 Å². The van der Waals surface area contributed by atoms with E-state index < -0.39 is 15.9 Å². The van der Waals surface area contributed by atoms with E-state index in [1.54, 1.807) is 13.0 Å².